The van der Waals surface area contributed by atoms with Crippen molar-refractivity contribution < 1.29 is 0 Å². The number of rotatable bonds is 5. The Balaban J connectivity index is 1.19. The Labute approximate surface area is 292 Å². The zero-order valence-electron chi connectivity index (χ0n) is 26.5. The molecule has 0 saturated heterocycles. The highest BCUT2D eigenvalue weighted by Crippen LogP contribution is 2.44. The van der Waals surface area contributed by atoms with Gasteiger partial charge in [-0.2, -0.15) is 0 Å². The number of nitrogens with zero attached hydrogens (tertiary/aromatic N) is 1. The molecule has 0 N–H and O–H groups in total. The summed E-state index contributed by atoms with van der Waals surface area (Å²) in [5.74, 6) is 0. The summed E-state index contributed by atoms with van der Waals surface area (Å²) < 4.78 is 5.23. The molecule has 49 heavy (non-hydrogen) atoms. The summed E-state index contributed by atoms with van der Waals surface area (Å²) in [6, 6.07) is 64.5. The van der Waals surface area contributed by atoms with Gasteiger partial charge in [0.15, 0.2) is 0 Å². The van der Waals surface area contributed by atoms with Gasteiger partial charge in [-0.3, -0.25) is 0 Å². The van der Waals surface area contributed by atoms with Gasteiger partial charge in [0.1, 0.15) is 0 Å². The van der Waals surface area contributed by atoms with Gasteiger partial charge in [0, 0.05) is 57.4 Å². The van der Waals surface area contributed by atoms with Crippen molar-refractivity contribution in [2.45, 2.75) is 0 Å². The van der Waals surface area contributed by atoms with Crippen LogP contribution in [0.1, 0.15) is 0 Å². The SMILES string of the molecule is c1ccc(-c2cccc3cccc(-c4cccc(N(c5ccc6c(c5)sc5ccccc56)c5ccc6c(c5)sc5ccccc56)c4)c23)cc1. The average Bonchev–Trinajstić information content (AvgIpc) is 3.72. The number of anilines is 3. The first-order chi connectivity index (χ1) is 24.3. The van der Waals surface area contributed by atoms with Gasteiger partial charge in [0.2, 0.25) is 0 Å². The molecule has 8 aromatic carbocycles. The van der Waals surface area contributed by atoms with Crippen molar-refractivity contribution in [1.29, 1.82) is 0 Å². The molecule has 0 spiro atoms. The molecule has 0 amide bonds. The van der Waals surface area contributed by atoms with Crippen molar-refractivity contribution in [3.05, 3.63) is 176 Å². The van der Waals surface area contributed by atoms with Crippen LogP contribution < -0.4 is 4.90 Å². The van der Waals surface area contributed by atoms with E-state index < -0.39 is 0 Å². The van der Waals surface area contributed by atoms with Gasteiger partial charge in [-0.1, -0.05) is 127 Å². The predicted molar refractivity (Wildman–Crippen MR) is 215 cm³/mol. The van der Waals surface area contributed by atoms with Gasteiger partial charge < -0.3 is 4.90 Å². The third kappa shape index (κ3) is 4.74. The van der Waals surface area contributed by atoms with Gasteiger partial charge in [-0.25, -0.2) is 0 Å². The fourth-order valence-corrected chi connectivity index (χ4v) is 9.69. The number of fused-ring (bicyclic) bond motifs is 7. The topological polar surface area (TPSA) is 3.24 Å². The maximum Gasteiger partial charge on any atom is 0.0476 e. The van der Waals surface area contributed by atoms with Crippen LogP contribution in [0.3, 0.4) is 0 Å². The lowest BCUT2D eigenvalue weighted by molar-refractivity contribution is 1.30. The Morgan fingerprint density at radius 3 is 1.45 bits per heavy atom. The van der Waals surface area contributed by atoms with E-state index in [0.29, 0.717) is 0 Å². The van der Waals surface area contributed by atoms with Crippen LogP contribution in [0.15, 0.2) is 176 Å². The fraction of sp³-hybridized carbons (Fsp3) is 0. The molecule has 1 nitrogen and oxygen atoms in total. The normalized spacial score (nSPS) is 11.7. The second-order valence-electron chi connectivity index (χ2n) is 12.5. The molecule has 0 unspecified atom stereocenters. The molecule has 230 valence electrons. The highest BCUT2D eigenvalue weighted by atomic mass is 32.1. The van der Waals surface area contributed by atoms with Crippen molar-refractivity contribution in [1.82, 2.24) is 0 Å². The second-order valence-corrected chi connectivity index (χ2v) is 14.7. The summed E-state index contributed by atoms with van der Waals surface area (Å²) in [6.07, 6.45) is 0. The molecule has 10 aromatic rings. The quantitative estimate of drug-likeness (QED) is 0.178. The molecule has 2 aromatic heterocycles. The summed E-state index contributed by atoms with van der Waals surface area (Å²) in [5, 5.41) is 7.77. The molecular formula is C46H29NS2. The minimum Gasteiger partial charge on any atom is -0.310 e. The Kier molecular flexibility index (Phi) is 6.61. The highest BCUT2D eigenvalue weighted by molar-refractivity contribution is 7.26. The molecule has 0 radical (unpaired) electrons. The summed E-state index contributed by atoms with van der Waals surface area (Å²) in [5.41, 5.74) is 8.35. The Morgan fingerprint density at radius 2 is 0.816 bits per heavy atom. The van der Waals surface area contributed by atoms with E-state index in [4.69, 9.17) is 0 Å². The summed E-state index contributed by atoms with van der Waals surface area (Å²) in [7, 11) is 0. The lowest BCUT2D eigenvalue weighted by atomic mass is 9.91. The van der Waals surface area contributed by atoms with Crippen LogP contribution in [0.25, 0.3) is 73.4 Å². The van der Waals surface area contributed by atoms with Crippen molar-refractivity contribution in [2.75, 3.05) is 4.90 Å². The summed E-state index contributed by atoms with van der Waals surface area (Å²) >= 11 is 3.73. The van der Waals surface area contributed by atoms with Crippen LogP contribution >= 0.6 is 22.7 Å². The summed E-state index contributed by atoms with van der Waals surface area (Å²) in [6.45, 7) is 0. The Morgan fingerprint density at radius 1 is 0.327 bits per heavy atom. The van der Waals surface area contributed by atoms with Crippen LogP contribution in [0, 0.1) is 0 Å². The Hall–Kier alpha value is -5.74. The smallest absolute Gasteiger partial charge is 0.0476 e. The first kappa shape index (κ1) is 28.3. The molecule has 0 fully saturated rings. The monoisotopic (exact) mass is 659 g/mol. The second kappa shape index (κ2) is 11.5. The fourth-order valence-electron chi connectivity index (χ4n) is 7.41. The molecule has 0 bridgehead atoms. The van der Waals surface area contributed by atoms with E-state index >= 15 is 0 Å². The first-order valence-corrected chi connectivity index (χ1v) is 18.2. The predicted octanol–water partition coefficient (Wildman–Crippen LogP) is 14.4. The molecule has 0 aliphatic rings. The van der Waals surface area contributed by atoms with Crippen LogP contribution in [-0.2, 0) is 0 Å². The van der Waals surface area contributed by atoms with E-state index in [9.17, 15) is 0 Å². The zero-order chi connectivity index (χ0) is 32.3. The van der Waals surface area contributed by atoms with E-state index in [2.05, 4.69) is 181 Å². The zero-order valence-corrected chi connectivity index (χ0v) is 28.1. The molecule has 0 aliphatic heterocycles. The maximum absolute atomic E-state index is 2.43. The molecule has 0 aliphatic carbocycles. The highest BCUT2D eigenvalue weighted by Gasteiger charge is 2.18. The van der Waals surface area contributed by atoms with Crippen LogP contribution in [0.2, 0.25) is 0 Å². The van der Waals surface area contributed by atoms with Crippen molar-refractivity contribution in [3.8, 4) is 22.3 Å². The molecule has 2 heterocycles. The first-order valence-electron chi connectivity index (χ1n) is 16.6. The Bertz CT molecular complexity index is 2720. The molecule has 0 atom stereocenters. The van der Waals surface area contributed by atoms with Crippen LogP contribution in [0.5, 0.6) is 0 Å². The number of benzene rings is 8. The molecule has 0 saturated carbocycles. The van der Waals surface area contributed by atoms with Crippen LogP contribution in [-0.4, -0.2) is 0 Å². The summed E-state index contributed by atoms with van der Waals surface area (Å²) in [4.78, 5) is 2.43. The van der Waals surface area contributed by atoms with Gasteiger partial charge in [-0.15, -0.1) is 22.7 Å². The lowest BCUT2D eigenvalue weighted by Gasteiger charge is -2.26. The van der Waals surface area contributed by atoms with Crippen molar-refractivity contribution >= 4 is 90.9 Å². The minimum atomic E-state index is 1.13. The van der Waals surface area contributed by atoms with E-state index in [1.54, 1.807) is 0 Å². The van der Waals surface area contributed by atoms with Gasteiger partial charge in [0.25, 0.3) is 0 Å². The standard InChI is InChI=1S/C46H29NS2/c1-2-11-30(12-3-1)36-19-9-13-31-14-10-20-37(46(31)36)32-15-8-16-33(27-32)47(34-23-25-40-38-17-4-6-21-42(38)48-44(40)28-34)35-24-26-41-39-18-5-7-22-43(39)49-45(41)29-35/h1-29H. The van der Waals surface area contributed by atoms with Gasteiger partial charge >= 0.3 is 0 Å². The van der Waals surface area contributed by atoms with Crippen molar-refractivity contribution in [3.63, 3.8) is 0 Å². The van der Waals surface area contributed by atoms with E-state index in [0.717, 1.165) is 17.1 Å². The third-order valence-corrected chi connectivity index (χ3v) is 11.9. The van der Waals surface area contributed by atoms with E-state index in [-0.39, 0.29) is 0 Å². The van der Waals surface area contributed by atoms with E-state index in [1.807, 2.05) is 22.7 Å². The van der Waals surface area contributed by atoms with Gasteiger partial charge in [-0.05, 0) is 81.6 Å². The average molecular weight is 660 g/mol. The van der Waals surface area contributed by atoms with Crippen LogP contribution in [0.4, 0.5) is 17.1 Å². The van der Waals surface area contributed by atoms with Gasteiger partial charge in [0.05, 0.1) is 0 Å². The molecular weight excluding hydrogens is 631 g/mol. The lowest BCUT2D eigenvalue weighted by Crippen LogP contribution is -2.09. The van der Waals surface area contributed by atoms with E-state index in [1.165, 1.54) is 73.4 Å². The minimum absolute atomic E-state index is 1.13. The maximum atomic E-state index is 2.43. The number of thiophene rings is 2. The van der Waals surface area contributed by atoms with Crippen molar-refractivity contribution in [2.24, 2.45) is 0 Å². The number of hydrogen-bond donors (Lipinski definition) is 0. The number of hydrogen-bond acceptors (Lipinski definition) is 3. The molecule has 3 heteroatoms. The third-order valence-electron chi connectivity index (χ3n) is 9.65. The molecule has 10 rings (SSSR count). The largest absolute Gasteiger partial charge is 0.310 e.